The number of methoxy groups -OCH3 is 1. The number of carbonyl (C=O) groups excluding carboxylic acids is 1. The maximum atomic E-state index is 14.4. The van der Waals surface area contributed by atoms with Crippen molar-refractivity contribution in [3.63, 3.8) is 0 Å². The number of amides is 1. The van der Waals surface area contributed by atoms with E-state index < -0.39 is 23.5 Å². The van der Waals surface area contributed by atoms with Crippen molar-refractivity contribution in [2.24, 2.45) is 0 Å². The minimum atomic E-state index is -1.20. The Morgan fingerprint density at radius 2 is 1.91 bits per heavy atom. The van der Waals surface area contributed by atoms with Crippen LogP contribution in [0.15, 0.2) is 41.2 Å². The average Bonchev–Trinajstić information content (AvgIpc) is 3.15. The van der Waals surface area contributed by atoms with Gasteiger partial charge in [-0.2, -0.15) is 4.68 Å². The third-order valence-corrected chi connectivity index (χ3v) is 4.55. The van der Waals surface area contributed by atoms with Crippen molar-refractivity contribution in [2.45, 2.75) is 26.9 Å². The fourth-order valence-corrected chi connectivity index (χ4v) is 3.11. The zero-order valence-electron chi connectivity index (χ0n) is 18.4. The van der Waals surface area contributed by atoms with E-state index in [4.69, 9.17) is 9.47 Å². The molecule has 0 aliphatic heterocycles. The highest BCUT2D eigenvalue weighted by molar-refractivity contribution is 5.97. The zero-order valence-corrected chi connectivity index (χ0v) is 18.4. The van der Waals surface area contributed by atoms with Gasteiger partial charge in [-0.15, -0.1) is 4.68 Å². The van der Waals surface area contributed by atoms with E-state index in [0.29, 0.717) is 9.36 Å². The van der Waals surface area contributed by atoms with Crippen LogP contribution in [0.5, 0.6) is 11.5 Å². The second kappa shape index (κ2) is 9.51. The summed E-state index contributed by atoms with van der Waals surface area (Å²) in [6, 6.07) is 7.03. The summed E-state index contributed by atoms with van der Waals surface area (Å²) >= 11 is 0. The summed E-state index contributed by atoms with van der Waals surface area (Å²) in [7, 11) is 1.30. The van der Waals surface area contributed by atoms with Gasteiger partial charge in [0.25, 0.3) is 0 Å². The number of rotatable bonds is 7. The zero-order chi connectivity index (χ0) is 24.3. The molecule has 12 heteroatoms. The molecule has 0 unspecified atom stereocenters. The molecule has 2 aromatic carbocycles. The first-order valence-electron chi connectivity index (χ1n) is 9.93. The number of halogens is 1. The smallest absolute Gasteiger partial charge is 0.377 e. The van der Waals surface area contributed by atoms with E-state index in [1.807, 2.05) is 0 Å². The lowest BCUT2D eigenvalue weighted by Crippen LogP contribution is -2.41. The molecule has 1 aromatic heterocycles. The predicted octanol–water partition coefficient (Wildman–Crippen LogP) is 2.56. The van der Waals surface area contributed by atoms with Gasteiger partial charge in [-0.05, 0) is 61.5 Å². The molecule has 11 nitrogen and oxygen atoms in total. The van der Waals surface area contributed by atoms with Gasteiger partial charge >= 0.3 is 17.7 Å². The normalized spacial score (nSPS) is 10.8. The molecule has 0 fully saturated rings. The maximum Gasteiger partial charge on any atom is 0.377 e. The molecular weight excluding hydrogens is 437 g/mol. The topological polar surface area (TPSA) is 129 Å². The highest BCUT2D eigenvalue weighted by Gasteiger charge is 2.27. The number of para-hydroxylation sites is 1. The number of hydrogen-bond donors (Lipinski definition) is 1. The largest absolute Gasteiger partial charge is 0.494 e. The molecule has 3 rings (SSSR count). The number of carbonyl (C=O) groups is 2. The number of hydrogen-bond acceptors (Lipinski definition) is 7. The minimum Gasteiger partial charge on any atom is -0.494 e. The van der Waals surface area contributed by atoms with Crippen LogP contribution in [0.3, 0.4) is 0 Å². The van der Waals surface area contributed by atoms with Gasteiger partial charge in [0.15, 0.2) is 5.82 Å². The van der Waals surface area contributed by atoms with Crippen molar-refractivity contribution < 1.29 is 28.6 Å². The van der Waals surface area contributed by atoms with E-state index in [-0.39, 0.29) is 41.1 Å². The number of anilines is 1. The first kappa shape index (κ1) is 23.4. The lowest BCUT2D eigenvalue weighted by atomic mass is 10.1. The summed E-state index contributed by atoms with van der Waals surface area (Å²) in [6.07, 6.45) is -0.273. The van der Waals surface area contributed by atoms with E-state index in [2.05, 4.69) is 10.4 Å². The van der Waals surface area contributed by atoms with Crippen LogP contribution in [0.1, 0.15) is 31.1 Å². The lowest BCUT2D eigenvalue weighted by Gasteiger charge is -2.24. The molecule has 1 heterocycles. The van der Waals surface area contributed by atoms with Crippen LogP contribution in [0.25, 0.3) is 5.69 Å². The number of tetrazole rings is 1. The molecule has 0 bridgehead atoms. The van der Waals surface area contributed by atoms with E-state index in [9.17, 15) is 23.9 Å². The Balaban J connectivity index is 2.10. The molecule has 3 aromatic rings. The Kier molecular flexibility index (Phi) is 6.75. The van der Waals surface area contributed by atoms with Gasteiger partial charge < -0.3 is 14.6 Å². The van der Waals surface area contributed by atoms with Crippen molar-refractivity contribution in [2.75, 3.05) is 18.6 Å². The fraction of sp³-hybridized carbons (Fsp3) is 0.286. The van der Waals surface area contributed by atoms with E-state index in [0.717, 1.165) is 11.0 Å². The molecule has 0 aliphatic rings. The molecule has 0 saturated carbocycles. The second-order valence-corrected chi connectivity index (χ2v) is 7.06. The number of aromatic nitrogens is 4. The van der Waals surface area contributed by atoms with Crippen LogP contribution in [0, 0.1) is 5.82 Å². The van der Waals surface area contributed by atoms with Gasteiger partial charge in [0.1, 0.15) is 17.2 Å². The van der Waals surface area contributed by atoms with E-state index >= 15 is 0 Å². The van der Waals surface area contributed by atoms with Crippen molar-refractivity contribution >= 4 is 17.7 Å². The molecule has 0 saturated heterocycles. The number of carboxylic acid groups (broad SMARTS) is 1. The fourth-order valence-electron chi connectivity index (χ4n) is 3.11. The summed E-state index contributed by atoms with van der Waals surface area (Å²) in [5.41, 5.74) is -1.30. The summed E-state index contributed by atoms with van der Waals surface area (Å²) in [6.45, 7) is 5.20. The first-order chi connectivity index (χ1) is 15.7. The van der Waals surface area contributed by atoms with Crippen LogP contribution in [-0.2, 0) is 0 Å². The summed E-state index contributed by atoms with van der Waals surface area (Å²) in [4.78, 5) is 38.8. The van der Waals surface area contributed by atoms with Crippen LogP contribution in [0.4, 0.5) is 14.9 Å². The Hall–Kier alpha value is -4.22. The van der Waals surface area contributed by atoms with Crippen molar-refractivity contribution in [1.29, 1.82) is 0 Å². The van der Waals surface area contributed by atoms with E-state index in [1.165, 1.54) is 37.4 Å². The van der Waals surface area contributed by atoms with Gasteiger partial charge in [-0.1, -0.05) is 6.07 Å². The van der Waals surface area contributed by atoms with Crippen LogP contribution in [0.2, 0.25) is 0 Å². The Labute approximate surface area is 187 Å². The highest BCUT2D eigenvalue weighted by Crippen LogP contribution is 2.31. The molecule has 0 spiro atoms. The Morgan fingerprint density at radius 3 is 2.52 bits per heavy atom. The van der Waals surface area contributed by atoms with Crippen molar-refractivity contribution in [1.82, 2.24) is 19.8 Å². The second-order valence-electron chi connectivity index (χ2n) is 7.06. The molecule has 1 amide bonds. The molecule has 33 heavy (non-hydrogen) atoms. The Morgan fingerprint density at radius 1 is 1.18 bits per heavy atom. The average molecular weight is 459 g/mol. The quantitative estimate of drug-likeness (QED) is 0.534. The lowest BCUT2D eigenvalue weighted by molar-refractivity contribution is 0.0696. The number of benzene rings is 2. The Bertz CT molecular complexity index is 1250. The van der Waals surface area contributed by atoms with Crippen LogP contribution >= 0.6 is 0 Å². The minimum absolute atomic E-state index is 0.0192. The molecule has 174 valence electrons. The summed E-state index contributed by atoms with van der Waals surface area (Å²) in [5.74, 6) is -1.75. The van der Waals surface area contributed by atoms with E-state index in [1.54, 1.807) is 20.8 Å². The van der Waals surface area contributed by atoms with Gasteiger partial charge in [0.2, 0.25) is 0 Å². The molecular formula is C21H22FN5O6. The van der Waals surface area contributed by atoms with Gasteiger partial charge in [-0.3, -0.25) is 4.90 Å². The highest BCUT2D eigenvalue weighted by atomic mass is 19.1. The standard InChI is InChI=1S/C21H22FN5O6/c1-5-25(15-11-13(19(28)29)9-10-16(15)33-12(2)3)20(30)27-21(31)26(23-24-27)18-14(22)7-6-8-17(18)32-4/h6-12H,5H2,1-4H3,(H,28,29). The molecule has 0 aliphatic carbocycles. The third-order valence-electron chi connectivity index (χ3n) is 4.55. The molecule has 0 radical (unpaired) electrons. The summed E-state index contributed by atoms with van der Waals surface area (Å²) < 4.78 is 26.3. The first-order valence-corrected chi connectivity index (χ1v) is 9.93. The van der Waals surface area contributed by atoms with Gasteiger partial charge in [0, 0.05) is 6.54 Å². The summed E-state index contributed by atoms with van der Waals surface area (Å²) in [5, 5.41) is 16.6. The third kappa shape index (κ3) is 4.54. The SMILES string of the molecule is CCN(C(=O)n1nnn(-c2c(F)cccc2OC)c1=O)c1cc(C(=O)O)ccc1OC(C)C. The van der Waals surface area contributed by atoms with Gasteiger partial charge in [-0.25, -0.2) is 18.8 Å². The monoisotopic (exact) mass is 459 g/mol. The molecule has 0 atom stereocenters. The van der Waals surface area contributed by atoms with Crippen molar-refractivity contribution in [3.05, 3.63) is 58.3 Å². The van der Waals surface area contributed by atoms with Crippen LogP contribution in [-0.4, -0.2) is 56.7 Å². The number of ether oxygens (including phenoxy) is 2. The van der Waals surface area contributed by atoms with Gasteiger partial charge in [0.05, 0.1) is 24.5 Å². The predicted molar refractivity (Wildman–Crippen MR) is 115 cm³/mol. The number of carboxylic acids is 1. The molecule has 1 N–H and O–H groups in total. The van der Waals surface area contributed by atoms with Crippen molar-refractivity contribution in [3.8, 4) is 17.2 Å². The number of nitrogens with zero attached hydrogens (tertiary/aromatic N) is 5. The van der Waals surface area contributed by atoms with Crippen LogP contribution < -0.4 is 20.1 Å². The maximum absolute atomic E-state index is 14.4. The number of aromatic carboxylic acids is 1.